The smallest absolute Gasteiger partial charge is 0.318 e. The maximum absolute atomic E-state index is 10.7. The minimum absolute atomic E-state index is 0.282. The van der Waals surface area contributed by atoms with Crippen molar-refractivity contribution in [2.24, 2.45) is 5.16 Å². The highest BCUT2D eigenvalue weighted by atomic mass is 16.7. The third kappa shape index (κ3) is 7.62. The molecule has 0 aromatic heterocycles. The van der Waals surface area contributed by atoms with Crippen LogP contribution in [0.4, 0.5) is 0 Å². The summed E-state index contributed by atoms with van der Waals surface area (Å²) in [5.41, 5.74) is 1.66. The zero-order chi connectivity index (χ0) is 15.2. The molecule has 5 nitrogen and oxygen atoms in total. The van der Waals surface area contributed by atoms with Gasteiger partial charge in [0.05, 0.1) is 12.1 Å². The van der Waals surface area contributed by atoms with Crippen molar-refractivity contribution in [3.05, 3.63) is 58.7 Å². The minimum atomic E-state index is -0.283. The van der Waals surface area contributed by atoms with Crippen molar-refractivity contribution in [1.29, 1.82) is 0 Å². The lowest BCUT2D eigenvalue weighted by Crippen LogP contribution is -1.99. The summed E-state index contributed by atoms with van der Waals surface area (Å²) in [5, 5.41) is 3.65. The van der Waals surface area contributed by atoms with Crippen LogP contribution in [0.15, 0.2) is 35.5 Å². The zero-order valence-electron chi connectivity index (χ0n) is 11.7. The summed E-state index contributed by atoms with van der Waals surface area (Å²) >= 11 is 0. The van der Waals surface area contributed by atoms with Gasteiger partial charge >= 0.3 is 5.97 Å². The average Bonchev–Trinajstić information content (AvgIpc) is 2.95. The Hall–Kier alpha value is -2.66. The first-order valence-electron chi connectivity index (χ1n) is 6.18. The Morgan fingerprint density at radius 3 is 2.00 bits per heavy atom. The molecule has 0 bridgehead atoms. The average molecular weight is 271 g/mol. The van der Waals surface area contributed by atoms with Gasteiger partial charge in [0.25, 0.3) is 0 Å². The van der Waals surface area contributed by atoms with E-state index in [0.717, 1.165) is 5.56 Å². The van der Waals surface area contributed by atoms with E-state index in [1.807, 2.05) is 44.2 Å². The van der Waals surface area contributed by atoms with Crippen LogP contribution in [-0.2, 0) is 9.63 Å². The van der Waals surface area contributed by atoms with Crippen molar-refractivity contribution in [2.45, 2.75) is 20.3 Å². The molecule has 0 unspecified atom stereocenters. The molecule has 0 saturated carbocycles. The van der Waals surface area contributed by atoms with Crippen molar-refractivity contribution in [3.63, 3.8) is 0 Å². The summed E-state index contributed by atoms with van der Waals surface area (Å²) < 4.78 is 0. The van der Waals surface area contributed by atoms with Gasteiger partial charge in [-0.25, -0.2) is 17.9 Å². The molecule has 0 amide bonds. The highest BCUT2D eigenvalue weighted by molar-refractivity contribution is 6.11. The number of hydrogen-bond acceptors (Lipinski definition) is 3. The highest BCUT2D eigenvalue weighted by Crippen LogP contribution is 2.10. The number of benzene rings is 1. The predicted molar refractivity (Wildman–Crippen MR) is 78.0 cm³/mol. The minimum Gasteiger partial charge on any atom is -0.318 e. The second-order valence-corrected chi connectivity index (χ2v) is 3.49. The molecule has 1 aromatic rings. The van der Waals surface area contributed by atoms with Crippen LogP contribution in [0.25, 0.3) is 9.69 Å². The molecule has 1 aliphatic heterocycles. The lowest BCUT2D eigenvalue weighted by molar-refractivity contribution is -0.140. The predicted octanol–water partition coefficient (Wildman–Crippen LogP) is 3.19. The van der Waals surface area contributed by atoms with E-state index in [1.54, 1.807) is 0 Å². The van der Waals surface area contributed by atoms with Gasteiger partial charge in [-0.05, 0) is 5.56 Å². The molecule has 1 heterocycles. The monoisotopic (exact) mass is 271 g/mol. The van der Waals surface area contributed by atoms with E-state index < -0.39 is 0 Å². The van der Waals surface area contributed by atoms with E-state index >= 15 is 0 Å². The van der Waals surface area contributed by atoms with Crippen LogP contribution in [0.3, 0.4) is 0 Å². The van der Waals surface area contributed by atoms with Gasteiger partial charge in [0.2, 0.25) is 13.1 Å². The van der Waals surface area contributed by atoms with Crippen molar-refractivity contribution >= 4 is 11.7 Å². The molecule has 0 atom stereocenters. The molecule has 104 valence electrons. The SMILES string of the molecule is O=C1CC(c2ccccc2)=NO1.[C-]#[N+]CC.[C-]#[N+]CC. The molecule has 0 fully saturated rings. The number of carbonyl (C=O) groups is 1. The molecule has 0 spiro atoms. The number of nitrogens with zero attached hydrogens (tertiary/aromatic N) is 3. The highest BCUT2D eigenvalue weighted by Gasteiger charge is 2.18. The molecule has 0 N–H and O–H groups in total. The molecule has 5 heteroatoms. The maximum Gasteiger partial charge on any atom is 0.341 e. The first kappa shape index (κ1) is 17.3. The summed E-state index contributed by atoms with van der Waals surface area (Å²) in [7, 11) is 0. The molecular formula is C15H17N3O2. The summed E-state index contributed by atoms with van der Waals surface area (Å²) in [6.07, 6.45) is 0.282. The van der Waals surface area contributed by atoms with Gasteiger partial charge in [0.1, 0.15) is 0 Å². The largest absolute Gasteiger partial charge is 0.341 e. The second-order valence-electron chi connectivity index (χ2n) is 3.49. The van der Waals surface area contributed by atoms with Gasteiger partial charge in [-0.1, -0.05) is 35.5 Å². The Kier molecular flexibility index (Phi) is 9.91. The molecule has 1 aliphatic rings. The summed E-state index contributed by atoms with van der Waals surface area (Å²) in [6.45, 7) is 17.0. The molecule has 2 rings (SSSR count). The number of carbonyl (C=O) groups excluding carboxylic acids is 1. The van der Waals surface area contributed by atoms with Gasteiger partial charge < -0.3 is 14.5 Å². The fourth-order valence-corrected chi connectivity index (χ4v) is 1.09. The van der Waals surface area contributed by atoms with Crippen LogP contribution in [0.2, 0.25) is 0 Å². The topological polar surface area (TPSA) is 47.4 Å². The van der Waals surface area contributed by atoms with Crippen LogP contribution in [0.1, 0.15) is 25.8 Å². The first-order valence-corrected chi connectivity index (χ1v) is 6.18. The van der Waals surface area contributed by atoms with Crippen LogP contribution in [0, 0.1) is 13.1 Å². The second kappa shape index (κ2) is 11.4. The van der Waals surface area contributed by atoms with Crippen LogP contribution in [-0.4, -0.2) is 24.8 Å². The molecule has 0 saturated heterocycles. The fourth-order valence-electron chi connectivity index (χ4n) is 1.09. The van der Waals surface area contributed by atoms with Crippen LogP contribution >= 0.6 is 0 Å². The van der Waals surface area contributed by atoms with Crippen molar-refractivity contribution in [3.8, 4) is 0 Å². The molecule has 0 radical (unpaired) electrons. The van der Waals surface area contributed by atoms with E-state index in [4.69, 9.17) is 13.1 Å². The Morgan fingerprint density at radius 1 is 1.15 bits per heavy atom. The van der Waals surface area contributed by atoms with Gasteiger partial charge in [-0.15, -0.1) is 0 Å². The Labute approximate surface area is 119 Å². The summed E-state index contributed by atoms with van der Waals surface area (Å²) in [5.74, 6) is -0.283. The van der Waals surface area contributed by atoms with Gasteiger partial charge in [-0.3, -0.25) is 0 Å². The Morgan fingerprint density at radius 2 is 1.65 bits per heavy atom. The van der Waals surface area contributed by atoms with Gasteiger partial charge in [-0.2, -0.15) is 0 Å². The van der Waals surface area contributed by atoms with E-state index in [-0.39, 0.29) is 12.4 Å². The number of rotatable bonds is 1. The third-order valence-corrected chi connectivity index (χ3v) is 1.99. The maximum atomic E-state index is 10.7. The summed E-state index contributed by atoms with van der Waals surface area (Å²) in [6, 6.07) is 9.53. The quantitative estimate of drug-likeness (QED) is 0.581. The molecule has 1 aromatic carbocycles. The number of oxime groups is 1. The van der Waals surface area contributed by atoms with Crippen molar-refractivity contribution in [2.75, 3.05) is 13.1 Å². The third-order valence-electron chi connectivity index (χ3n) is 1.99. The summed E-state index contributed by atoms with van der Waals surface area (Å²) in [4.78, 5) is 21.1. The standard InChI is InChI=1S/C9H7NO2.2C3H5N/c11-9-6-8(10-12-9)7-4-2-1-3-5-7;2*1-3-4-2/h1-5H,6H2;2*3H2,1H3. The lowest BCUT2D eigenvalue weighted by atomic mass is 10.1. The Balaban J connectivity index is 0.000000380. The van der Waals surface area contributed by atoms with Gasteiger partial charge in [0.15, 0.2) is 0 Å². The molecule has 0 aliphatic carbocycles. The number of hydrogen-bond donors (Lipinski definition) is 0. The van der Waals surface area contributed by atoms with Crippen LogP contribution < -0.4 is 0 Å². The van der Waals surface area contributed by atoms with Crippen LogP contribution in [0.5, 0.6) is 0 Å². The van der Waals surface area contributed by atoms with E-state index in [1.165, 1.54) is 0 Å². The van der Waals surface area contributed by atoms with E-state index in [9.17, 15) is 4.79 Å². The normalized spacial score (nSPS) is 11.4. The van der Waals surface area contributed by atoms with Crippen molar-refractivity contribution in [1.82, 2.24) is 0 Å². The lowest BCUT2D eigenvalue weighted by Gasteiger charge is -1.93. The van der Waals surface area contributed by atoms with Crippen molar-refractivity contribution < 1.29 is 9.63 Å². The molecule has 20 heavy (non-hydrogen) atoms. The van der Waals surface area contributed by atoms with E-state index in [2.05, 4.69) is 19.7 Å². The Bertz CT molecular complexity index is 496. The first-order chi connectivity index (χ1) is 9.69. The fraction of sp³-hybridized carbons (Fsp3) is 0.333. The van der Waals surface area contributed by atoms with Gasteiger partial charge in [0, 0.05) is 13.8 Å². The molecular weight excluding hydrogens is 254 g/mol. The van der Waals surface area contributed by atoms with E-state index in [0.29, 0.717) is 18.8 Å². The zero-order valence-corrected chi connectivity index (χ0v) is 11.7.